The quantitative estimate of drug-likeness (QED) is 0.794. The van der Waals surface area contributed by atoms with Gasteiger partial charge < -0.3 is 10.0 Å². The molecule has 0 saturated carbocycles. The van der Waals surface area contributed by atoms with Crippen LogP contribution in [0.15, 0.2) is 59.5 Å². The number of benzene rings is 2. The Kier molecular flexibility index (Phi) is 6.44. The molecule has 0 bridgehead atoms. The predicted octanol–water partition coefficient (Wildman–Crippen LogP) is 3.62. The standard InChI is InChI=1S/C19H23ClN2OS/c20-16-5-4-6-17(13-16)22-11-9-21(10-12-22)14-18(23)15-24-19-7-2-1-3-8-19/h1-8,13,18,23H,9-12,14-15H2/t18-/m1/s1. The first-order chi connectivity index (χ1) is 11.7. The predicted molar refractivity (Wildman–Crippen MR) is 103 cm³/mol. The van der Waals surface area contributed by atoms with Crippen molar-refractivity contribution < 1.29 is 5.11 Å². The normalized spacial score (nSPS) is 17.0. The van der Waals surface area contributed by atoms with Crippen LogP contribution < -0.4 is 4.90 Å². The van der Waals surface area contributed by atoms with Gasteiger partial charge in [-0.25, -0.2) is 0 Å². The van der Waals surface area contributed by atoms with Gasteiger partial charge in [0, 0.05) is 54.1 Å². The molecule has 1 saturated heterocycles. The van der Waals surface area contributed by atoms with Crippen LogP contribution in [-0.4, -0.2) is 54.6 Å². The number of aliphatic hydroxyl groups is 1. The van der Waals surface area contributed by atoms with E-state index in [4.69, 9.17) is 11.6 Å². The van der Waals surface area contributed by atoms with Crippen LogP contribution >= 0.6 is 23.4 Å². The third-order valence-corrected chi connectivity index (χ3v) is 5.59. The minimum Gasteiger partial charge on any atom is -0.391 e. The number of halogens is 1. The maximum atomic E-state index is 10.3. The van der Waals surface area contributed by atoms with Crippen molar-refractivity contribution in [3.63, 3.8) is 0 Å². The molecule has 1 heterocycles. The summed E-state index contributed by atoms with van der Waals surface area (Å²) in [4.78, 5) is 5.91. The summed E-state index contributed by atoms with van der Waals surface area (Å²) in [6.07, 6.45) is -0.298. The largest absolute Gasteiger partial charge is 0.391 e. The number of β-amino-alcohol motifs (C(OH)–C–C–N with tert-alkyl or cyclic N) is 1. The van der Waals surface area contributed by atoms with Crippen LogP contribution in [0.3, 0.4) is 0 Å². The molecule has 2 aromatic carbocycles. The SMILES string of the molecule is O[C@@H](CSc1ccccc1)CN1CCN(c2cccc(Cl)c2)CC1. The molecule has 1 N–H and O–H groups in total. The monoisotopic (exact) mass is 362 g/mol. The number of piperazine rings is 1. The number of hydrogen-bond acceptors (Lipinski definition) is 4. The van der Waals surface area contributed by atoms with Crippen molar-refractivity contribution in [2.45, 2.75) is 11.0 Å². The van der Waals surface area contributed by atoms with E-state index in [9.17, 15) is 5.11 Å². The van der Waals surface area contributed by atoms with Gasteiger partial charge in [-0.15, -0.1) is 11.8 Å². The highest BCUT2D eigenvalue weighted by Gasteiger charge is 2.19. The molecule has 0 amide bonds. The average molecular weight is 363 g/mol. The van der Waals surface area contributed by atoms with E-state index in [-0.39, 0.29) is 6.10 Å². The Morgan fingerprint density at radius 1 is 1.00 bits per heavy atom. The second kappa shape index (κ2) is 8.77. The average Bonchev–Trinajstić information content (AvgIpc) is 2.61. The Labute approximate surface area is 153 Å². The maximum absolute atomic E-state index is 10.3. The van der Waals surface area contributed by atoms with Crippen molar-refractivity contribution in [3.8, 4) is 0 Å². The number of rotatable bonds is 6. The minimum atomic E-state index is -0.298. The van der Waals surface area contributed by atoms with E-state index in [0.717, 1.165) is 43.5 Å². The highest BCUT2D eigenvalue weighted by Crippen LogP contribution is 2.21. The second-order valence-electron chi connectivity index (χ2n) is 6.05. The molecule has 2 aromatic rings. The van der Waals surface area contributed by atoms with Crippen LogP contribution in [0.5, 0.6) is 0 Å². The molecule has 0 aliphatic carbocycles. The van der Waals surface area contributed by atoms with Gasteiger partial charge in [-0.05, 0) is 30.3 Å². The summed E-state index contributed by atoms with van der Waals surface area (Å²) < 4.78 is 0. The van der Waals surface area contributed by atoms with E-state index < -0.39 is 0 Å². The molecule has 1 aliphatic rings. The van der Waals surface area contributed by atoms with Crippen molar-refractivity contribution in [3.05, 3.63) is 59.6 Å². The fourth-order valence-corrected chi connectivity index (χ4v) is 3.95. The Balaban J connectivity index is 1.42. The zero-order valence-electron chi connectivity index (χ0n) is 13.6. The summed E-state index contributed by atoms with van der Waals surface area (Å²) in [5, 5.41) is 11.1. The van der Waals surface area contributed by atoms with Gasteiger partial charge in [0.1, 0.15) is 0 Å². The highest BCUT2D eigenvalue weighted by molar-refractivity contribution is 7.99. The van der Waals surface area contributed by atoms with Crippen LogP contribution in [0.2, 0.25) is 5.02 Å². The zero-order valence-corrected chi connectivity index (χ0v) is 15.2. The van der Waals surface area contributed by atoms with Gasteiger partial charge >= 0.3 is 0 Å². The third-order valence-electron chi connectivity index (χ3n) is 4.20. The molecule has 0 radical (unpaired) electrons. The second-order valence-corrected chi connectivity index (χ2v) is 7.58. The summed E-state index contributed by atoms with van der Waals surface area (Å²) in [5.74, 6) is 0.735. The van der Waals surface area contributed by atoms with Crippen molar-refractivity contribution in [2.75, 3.05) is 43.4 Å². The van der Waals surface area contributed by atoms with Crippen LogP contribution in [-0.2, 0) is 0 Å². The Morgan fingerprint density at radius 2 is 1.75 bits per heavy atom. The number of anilines is 1. The maximum Gasteiger partial charge on any atom is 0.0760 e. The van der Waals surface area contributed by atoms with E-state index in [0.29, 0.717) is 0 Å². The zero-order chi connectivity index (χ0) is 16.8. The van der Waals surface area contributed by atoms with Crippen molar-refractivity contribution in [1.29, 1.82) is 0 Å². The first kappa shape index (κ1) is 17.6. The molecule has 3 rings (SSSR count). The van der Waals surface area contributed by atoms with Gasteiger partial charge in [-0.3, -0.25) is 4.90 Å². The molecule has 5 heteroatoms. The first-order valence-electron chi connectivity index (χ1n) is 8.29. The summed E-state index contributed by atoms with van der Waals surface area (Å²) in [7, 11) is 0. The lowest BCUT2D eigenvalue weighted by Gasteiger charge is -2.37. The summed E-state index contributed by atoms with van der Waals surface area (Å²) >= 11 is 7.79. The fourth-order valence-electron chi connectivity index (χ4n) is 2.92. The van der Waals surface area contributed by atoms with E-state index >= 15 is 0 Å². The van der Waals surface area contributed by atoms with Crippen molar-refractivity contribution >= 4 is 29.1 Å². The van der Waals surface area contributed by atoms with Crippen LogP contribution in [0, 0.1) is 0 Å². The summed E-state index contributed by atoms with van der Waals surface area (Å²) in [5.41, 5.74) is 1.18. The minimum absolute atomic E-state index is 0.298. The number of nitrogens with zero attached hydrogens (tertiary/aromatic N) is 2. The molecule has 1 fully saturated rings. The number of hydrogen-bond donors (Lipinski definition) is 1. The molecule has 128 valence electrons. The van der Waals surface area contributed by atoms with Gasteiger partial charge in [0.15, 0.2) is 0 Å². The molecule has 3 nitrogen and oxygen atoms in total. The Morgan fingerprint density at radius 3 is 2.46 bits per heavy atom. The Bertz CT molecular complexity index is 632. The van der Waals surface area contributed by atoms with Gasteiger partial charge in [0.25, 0.3) is 0 Å². The van der Waals surface area contributed by atoms with Gasteiger partial charge in [-0.1, -0.05) is 35.9 Å². The highest BCUT2D eigenvalue weighted by atomic mass is 35.5. The molecule has 0 spiro atoms. The van der Waals surface area contributed by atoms with Crippen molar-refractivity contribution in [2.24, 2.45) is 0 Å². The van der Waals surface area contributed by atoms with Crippen LogP contribution in [0.25, 0.3) is 0 Å². The van der Waals surface area contributed by atoms with Crippen molar-refractivity contribution in [1.82, 2.24) is 4.90 Å². The van der Waals surface area contributed by atoms with E-state index in [1.54, 1.807) is 11.8 Å². The fraction of sp³-hybridized carbons (Fsp3) is 0.368. The Hall–Kier alpha value is -1.20. The molecular weight excluding hydrogens is 340 g/mol. The molecule has 0 aromatic heterocycles. The molecule has 24 heavy (non-hydrogen) atoms. The lowest BCUT2D eigenvalue weighted by atomic mass is 10.2. The smallest absolute Gasteiger partial charge is 0.0760 e. The number of thioether (sulfide) groups is 1. The van der Waals surface area contributed by atoms with Crippen LogP contribution in [0.1, 0.15) is 0 Å². The summed E-state index contributed by atoms with van der Waals surface area (Å²) in [6, 6.07) is 18.3. The van der Waals surface area contributed by atoms with Crippen LogP contribution in [0.4, 0.5) is 5.69 Å². The number of aliphatic hydroxyl groups excluding tert-OH is 1. The molecule has 0 unspecified atom stereocenters. The molecular formula is C19H23ClN2OS. The van der Waals surface area contributed by atoms with E-state index in [1.807, 2.05) is 36.4 Å². The third kappa shape index (κ3) is 5.15. The van der Waals surface area contributed by atoms with Gasteiger partial charge in [-0.2, -0.15) is 0 Å². The first-order valence-corrected chi connectivity index (χ1v) is 9.66. The van der Waals surface area contributed by atoms with Gasteiger partial charge in [0.2, 0.25) is 0 Å². The van der Waals surface area contributed by atoms with E-state index in [1.165, 1.54) is 10.6 Å². The van der Waals surface area contributed by atoms with Gasteiger partial charge in [0.05, 0.1) is 6.10 Å². The summed E-state index contributed by atoms with van der Waals surface area (Å²) in [6.45, 7) is 4.63. The lowest BCUT2D eigenvalue weighted by Crippen LogP contribution is -2.48. The lowest BCUT2D eigenvalue weighted by molar-refractivity contribution is 0.126. The van der Waals surface area contributed by atoms with E-state index in [2.05, 4.69) is 28.0 Å². The topological polar surface area (TPSA) is 26.7 Å². The molecule has 1 atom stereocenters. The molecule has 1 aliphatic heterocycles.